The molecule has 1 saturated heterocycles. The van der Waals surface area contributed by atoms with Gasteiger partial charge in [0.2, 0.25) is 5.89 Å². The van der Waals surface area contributed by atoms with Crippen LogP contribution in [0.2, 0.25) is 0 Å². The third-order valence-electron chi connectivity index (χ3n) is 3.83. The minimum Gasteiger partial charge on any atom is -0.370 e. The van der Waals surface area contributed by atoms with Crippen LogP contribution < -0.4 is 5.32 Å². The van der Waals surface area contributed by atoms with Gasteiger partial charge < -0.3 is 19.5 Å². The maximum absolute atomic E-state index is 12.5. The molecule has 3 rings (SSSR count). The molecule has 23 heavy (non-hydrogen) atoms. The number of thiophene rings is 1. The van der Waals surface area contributed by atoms with E-state index in [0.717, 1.165) is 5.56 Å². The van der Waals surface area contributed by atoms with Gasteiger partial charge >= 0.3 is 6.03 Å². The molecule has 2 aromatic heterocycles. The summed E-state index contributed by atoms with van der Waals surface area (Å²) < 4.78 is 10.8. The third kappa shape index (κ3) is 3.70. The molecule has 0 saturated carbocycles. The number of ether oxygens (including phenoxy) is 1. The van der Waals surface area contributed by atoms with Gasteiger partial charge in [-0.1, -0.05) is 12.1 Å². The van der Waals surface area contributed by atoms with Crippen molar-refractivity contribution in [1.82, 2.24) is 20.4 Å². The van der Waals surface area contributed by atoms with Crippen LogP contribution in [0.25, 0.3) is 0 Å². The van der Waals surface area contributed by atoms with Gasteiger partial charge in [-0.15, -0.1) is 0 Å². The normalized spacial score (nSPS) is 19.6. The Morgan fingerprint density at radius 3 is 3.13 bits per heavy atom. The number of aryl methyl sites for hydroxylation is 1. The van der Waals surface area contributed by atoms with Crippen LogP contribution in [0, 0.1) is 6.92 Å². The van der Waals surface area contributed by atoms with E-state index < -0.39 is 0 Å². The minimum atomic E-state index is -0.248. The highest BCUT2D eigenvalue weighted by molar-refractivity contribution is 7.07. The fraction of sp³-hybridized carbons (Fsp3) is 0.533. The summed E-state index contributed by atoms with van der Waals surface area (Å²) in [4.78, 5) is 18.5. The van der Waals surface area contributed by atoms with Crippen LogP contribution in [0.1, 0.15) is 42.8 Å². The van der Waals surface area contributed by atoms with Gasteiger partial charge in [0, 0.05) is 13.5 Å². The highest BCUT2D eigenvalue weighted by Crippen LogP contribution is 2.24. The van der Waals surface area contributed by atoms with Crippen LogP contribution >= 0.6 is 11.3 Å². The minimum absolute atomic E-state index is 0.0618. The molecule has 0 aliphatic carbocycles. The van der Waals surface area contributed by atoms with Crippen molar-refractivity contribution >= 4 is 17.4 Å². The fourth-order valence-corrected chi connectivity index (χ4v) is 3.24. The van der Waals surface area contributed by atoms with Crippen LogP contribution in [0.15, 0.2) is 21.3 Å². The van der Waals surface area contributed by atoms with Crippen molar-refractivity contribution in [3.63, 3.8) is 0 Å². The van der Waals surface area contributed by atoms with Crippen LogP contribution in [-0.4, -0.2) is 40.8 Å². The number of hydrogen-bond donors (Lipinski definition) is 1. The fourth-order valence-electron chi connectivity index (χ4n) is 2.54. The Morgan fingerprint density at radius 1 is 1.61 bits per heavy atom. The summed E-state index contributed by atoms with van der Waals surface area (Å²) in [6.07, 6.45) is 0.636. The van der Waals surface area contributed by atoms with E-state index in [2.05, 4.69) is 20.8 Å². The smallest absolute Gasteiger partial charge is 0.318 e. The van der Waals surface area contributed by atoms with Crippen molar-refractivity contribution in [3.8, 4) is 0 Å². The van der Waals surface area contributed by atoms with Crippen LogP contribution in [0.5, 0.6) is 0 Å². The van der Waals surface area contributed by atoms with Gasteiger partial charge in [0.1, 0.15) is 6.10 Å². The van der Waals surface area contributed by atoms with E-state index in [1.54, 1.807) is 23.2 Å². The molecule has 0 spiro atoms. The van der Waals surface area contributed by atoms with Gasteiger partial charge in [0.15, 0.2) is 5.82 Å². The summed E-state index contributed by atoms with van der Waals surface area (Å²) >= 11 is 1.63. The molecule has 8 heteroatoms. The number of hydrogen-bond acceptors (Lipinski definition) is 6. The summed E-state index contributed by atoms with van der Waals surface area (Å²) in [7, 11) is 0. The Labute approximate surface area is 138 Å². The van der Waals surface area contributed by atoms with Crippen molar-refractivity contribution in [1.29, 1.82) is 0 Å². The molecule has 3 heterocycles. The van der Waals surface area contributed by atoms with Crippen LogP contribution in [0.3, 0.4) is 0 Å². The third-order valence-corrected chi connectivity index (χ3v) is 4.53. The van der Waals surface area contributed by atoms with Crippen molar-refractivity contribution in [3.05, 3.63) is 34.1 Å². The second kappa shape index (κ2) is 7.10. The van der Waals surface area contributed by atoms with E-state index in [4.69, 9.17) is 9.26 Å². The highest BCUT2D eigenvalue weighted by Gasteiger charge is 2.27. The largest absolute Gasteiger partial charge is 0.370 e. The number of nitrogens with one attached hydrogen (secondary N) is 1. The van der Waals surface area contributed by atoms with Gasteiger partial charge in [-0.25, -0.2) is 4.79 Å². The summed E-state index contributed by atoms with van der Waals surface area (Å²) in [5.74, 6) is 1.01. The molecule has 2 aromatic rings. The zero-order valence-corrected chi connectivity index (χ0v) is 14.0. The molecular weight excluding hydrogens is 316 g/mol. The lowest BCUT2D eigenvalue weighted by atomic mass is 10.1. The first kappa shape index (κ1) is 15.9. The predicted octanol–water partition coefficient (Wildman–Crippen LogP) is 2.67. The van der Waals surface area contributed by atoms with Crippen LogP contribution in [-0.2, 0) is 4.74 Å². The number of amides is 2. The first-order valence-corrected chi connectivity index (χ1v) is 8.61. The summed E-state index contributed by atoms with van der Waals surface area (Å²) in [5, 5.41) is 11.0. The summed E-state index contributed by atoms with van der Waals surface area (Å²) in [6.45, 7) is 5.37. The van der Waals surface area contributed by atoms with Crippen molar-refractivity contribution in [2.45, 2.75) is 32.4 Å². The molecule has 0 radical (unpaired) electrons. The van der Waals surface area contributed by atoms with E-state index in [-0.39, 0.29) is 18.2 Å². The molecule has 0 unspecified atom stereocenters. The summed E-state index contributed by atoms with van der Waals surface area (Å²) in [6, 6.07) is 1.67. The van der Waals surface area contributed by atoms with Crippen molar-refractivity contribution in [2.75, 3.05) is 19.7 Å². The topological polar surface area (TPSA) is 80.5 Å². The molecule has 0 aromatic carbocycles. The molecule has 0 bridgehead atoms. The molecule has 2 amide bonds. The standard InChI is InChI=1S/C15H20N4O3S/c1-3-12(14-16-10(2)22-18-14)17-15(20)19-5-6-21-13(8-19)11-4-7-23-9-11/h4,7,9,12-13H,3,5-6,8H2,1-2H3,(H,17,20)/t12-,13+/m0/s1. The van der Waals surface area contributed by atoms with E-state index in [1.807, 2.05) is 18.4 Å². The molecule has 1 fully saturated rings. The first-order valence-electron chi connectivity index (χ1n) is 7.66. The van der Waals surface area contributed by atoms with Gasteiger partial charge in [0.25, 0.3) is 0 Å². The number of aromatic nitrogens is 2. The SMILES string of the molecule is CC[C@H](NC(=O)N1CCO[C@@H](c2ccsc2)C1)c1noc(C)n1. The second-order valence-electron chi connectivity index (χ2n) is 5.44. The number of urea groups is 1. The van der Waals surface area contributed by atoms with Gasteiger partial charge in [-0.2, -0.15) is 16.3 Å². The second-order valence-corrected chi connectivity index (χ2v) is 6.22. The zero-order chi connectivity index (χ0) is 16.2. The van der Waals surface area contributed by atoms with E-state index in [9.17, 15) is 4.79 Å². The van der Waals surface area contributed by atoms with E-state index in [0.29, 0.717) is 37.8 Å². The molecule has 1 aliphatic rings. The van der Waals surface area contributed by atoms with E-state index >= 15 is 0 Å². The van der Waals surface area contributed by atoms with Crippen molar-refractivity contribution in [2.24, 2.45) is 0 Å². The Bertz CT molecular complexity index is 643. The molecule has 2 atom stereocenters. The Hall–Kier alpha value is -1.93. The number of carbonyl (C=O) groups is 1. The molecule has 1 aliphatic heterocycles. The Kier molecular flexibility index (Phi) is 4.92. The number of carbonyl (C=O) groups excluding carboxylic acids is 1. The van der Waals surface area contributed by atoms with Gasteiger partial charge in [0.05, 0.1) is 19.2 Å². The van der Waals surface area contributed by atoms with E-state index in [1.165, 1.54) is 0 Å². The summed E-state index contributed by atoms with van der Waals surface area (Å²) in [5.41, 5.74) is 1.12. The average molecular weight is 336 g/mol. The predicted molar refractivity (Wildman–Crippen MR) is 85.2 cm³/mol. The maximum atomic E-state index is 12.5. The zero-order valence-electron chi connectivity index (χ0n) is 13.2. The number of morpholine rings is 1. The first-order chi connectivity index (χ1) is 11.2. The lowest BCUT2D eigenvalue weighted by molar-refractivity contribution is -0.0156. The molecular formula is C15H20N4O3S. The van der Waals surface area contributed by atoms with Gasteiger partial charge in [-0.3, -0.25) is 0 Å². The quantitative estimate of drug-likeness (QED) is 0.928. The Balaban J connectivity index is 1.62. The Morgan fingerprint density at radius 2 is 2.48 bits per heavy atom. The molecule has 1 N–H and O–H groups in total. The maximum Gasteiger partial charge on any atom is 0.318 e. The lowest BCUT2D eigenvalue weighted by Crippen LogP contribution is -2.48. The monoisotopic (exact) mass is 336 g/mol. The van der Waals surface area contributed by atoms with Crippen LogP contribution in [0.4, 0.5) is 4.79 Å². The molecule has 7 nitrogen and oxygen atoms in total. The average Bonchev–Trinajstić information content (AvgIpc) is 3.24. The number of rotatable bonds is 4. The molecule has 124 valence electrons. The number of nitrogens with zero attached hydrogens (tertiary/aromatic N) is 3. The highest BCUT2D eigenvalue weighted by atomic mass is 32.1. The lowest BCUT2D eigenvalue weighted by Gasteiger charge is -2.33. The van der Waals surface area contributed by atoms with Crippen molar-refractivity contribution < 1.29 is 14.1 Å². The van der Waals surface area contributed by atoms with Gasteiger partial charge in [-0.05, 0) is 28.8 Å².